The highest BCUT2D eigenvalue weighted by molar-refractivity contribution is 7.89. The summed E-state index contributed by atoms with van der Waals surface area (Å²) in [6.45, 7) is 7.11. The largest absolute Gasteiger partial charge is 0.327 e. The number of nitrogens with one attached hydrogen (secondary N) is 2. The summed E-state index contributed by atoms with van der Waals surface area (Å²) >= 11 is 0. The van der Waals surface area contributed by atoms with E-state index in [2.05, 4.69) is 5.32 Å². The third-order valence-electron chi connectivity index (χ3n) is 6.36. The second-order valence-corrected chi connectivity index (χ2v) is 10.1. The molecule has 1 aromatic rings. The van der Waals surface area contributed by atoms with Crippen molar-refractivity contribution in [1.29, 1.82) is 0 Å². The van der Waals surface area contributed by atoms with Crippen molar-refractivity contribution in [3.05, 3.63) is 24.3 Å². The van der Waals surface area contributed by atoms with Crippen molar-refractivity contribution in [1.82, 2.24) is 4.31 Å². The van der Waals surface area contributed by atoms with Gasteiger partial charge in [-0.25, -0.2) is 8.42 Å². The molecular weight excluding hydrogens is 374 g/mol. The first-order valence-corrected chi connectivity index (χ1v) is 12.1. The number of hydrogen-bond donors (Lipinski definition) is 2. The zero-order valence-corrected chi connectivity index (χ0v) is 17.9. The van der Waals surface area contributed by atoms with Crippen molar-refractivity contribution in [2.75, 3.05) is 38.0 Å². The molecule has 3 rings (SSSR count). The van der Waals surface area contributed by atoms with Crippen molar-refractivity contribution < 1.29 is 18.1 Å². The molecule has 3 atom stereocenters. The van der Waals surface area contributed by atoms with Gasteiger partial charge in [0.05, 0.1) is 18.0 Å². The van der Waals surface area contributed by atoms with Crippen molar-refractivity contribution >= 4 is 21.6 Å². The molecule has 1 saturated heterocycles. The SMILES string of the molecule is CCN(CC)S(=O)(=O)c1cccc(NC(=O)C[NH+]2CC[C@H]3CCCC[C@@H]3C2)c1. The van der Waals surface area contributed by atoms with E-state index in [1.807, 2.05) is 13.8 Å². The molecule has 2 fully saturated rings. The fourth-order valence-corrected chi connectivity index (χ4v) is 6.34. The maximum absolute atomic E-state index is 12.7. The van der Waals surface area contributed by atoms with Crippen LogP contribution < -0.4 is 10.2 Å². The molecular formula is C21H34N3O3S+. The van der Waals surface area contributed by atoms with Gasteiger partial charge >= 0.3 is 0 Å². The van der Waals surface area contributed by atoms with Gasteiger partial charge in [0.15, 0.2) is 6.54 Å². The molecule has 1 aliphatic carbocycles. The number of anilines is 1. The third-order valence-corrected chi connectivity index (χ3v) is 8.40. The van der Waals surface area contributed by atoms with Crippen LogP contribution >= 0.6 is 0 Å². The fourth-order valence-electron chi connectivity index (χ4n) is 4.84. The van der Waals surface area contributed by atoms with E-state index < -0.39 is 10.0 Å². The second-order valence-electron chi connectivity index (χ2n) is 8.14. The van der Waals surface area contributed by atoms with Crippen LogP contribution in [-0.2, 0) is 14.8 Å². The van der Waals surface area contributed by atoms with Crippen LogP contribution in [-0.4, -0.2) is 51.4 Å². The van der Waals surface area contributed by atoms with Gasteiger partial charge in [-0.1, -0.05) is 32.8 Å². The van der Waals surface area contributed by atoms with Gasteiger partial charge in [0, 0.05) is 24.7 Å². The van der Waals surface area contributed by atoms with Crippen LogP contribution in [0.4, 0.5) is 5.69 Å². The van der Waals surface area contributed by atoms with Crippen LogP contribution in [0.25, 0.3) is 0 Å². The Morgan fingerprint density at radius 2 is 1.86 bits per heavy atom. The number of carbonyl (C=O) groups is 1. The first kappa shape index (κ1) is 21.3. The molecule has 0 radical (unpaired) electrons. The van der Waals surface area contributed by atoms with E-state index in [0.29, 0.717) is 25.3 Å². The van der Waals surface area contributed by atoms with Gasteiger partial charge in [0.1, 0.15) is 0 Å². The van der Waals surface area contributed by atoms with E-state index in [1.165, 1.54) is 41.3 Å². The van der Waals surface area contributed by atoms with Gasteiger partial charge in [0.2, 0.25) is 10.0 Å². The van der Waals surface area contributed by atoms with Crippen LogP contribution in [0.5, 0.6) is 0 Å². The molecule has 7 heteroatoms. The predicted octanol–water partition coefficient (Wildman–Crippen LogP) is 1.75. The molecule has 1 saturated carbocycles. The average Bonchev–Trinajstić information content (AvgIpc) is 2.68. The molecule has 156 valence electrons. The number of rotatable bonds is 7. The Morgan fingerprint density at radius 3 is 2.57 bits per heavy atom. The number of sulfonamides is 1. The lowest BCUT2D eigenvalue weighted by molar-refractivity contribution is -0.902. The van der Waals surface area contributed by atoms with Gasteiger partial charge in [-0.15, -0.1) is 0 Å². The Labute approximate surface area is 169 Å². The highest BCUT2D eigenvalue weighted by Crippen LogP contribution is 2.32. The van der Waals surface area contributed by atoms with Crippen LogP contribution in [0.3, 0.4) is 0 Å². The Kier molecular flexibility index (Phi) is 7.12. The quantitative estimate of drug-likeness (QED) is 0.722. The molecule has 2 aliphatic rings. The lowest BCUT2D eigenvalue weighted by atomic mass is 9.75. The van der Waals surface area contributed by atoms with Crippen molar-refractivity contribution in [2.24, 2.45) is 11.8 Å². The van der Waals surface area contributed by atoms with Gasteiger partial charge in [-0.2, -0.15) is 4.31 Å². The summed E-state index contributed by atoms with van der Waals surface area (Å²) in [6, 6.07) is 6.59. The first-order chi connectivity index (χ1) is 13.4. The fraction of sp³-hybridized carbons (Fsp3) is 0.667. The Bertz CT molecular complexity index is 777. The third kappa shape index (κ3) is 4.93. The lowest BCUT2D eigenvalue weighted by Gasteiger charge is -2.38. The minimum Gasteiger partial charge on any atom is -0.327 e. The zero-order valence-electron chi connectivity index (χ0n) is 17.1. The number of carbonyl (C=O) groups excluding carboxylic acids is 1. The van der Waals surface area contributed by atoms with E-state index in [4.69, 9.17) is 0 Å². The topological polar surface area (TPSA) is 70.9 Å². The Morgan fingerprint density at radius 1 is 1.14 bits per heavy atom. The first-order valence-electron chi connectivity index (χ1n) is 10.7. The van der Waals surface area contributed by atoms with Crippen molar-refractivity contribution in [3.8, 4) is 0 Å². The molecule has 1 unspecified atom stereocenters. The zero-order chi connectivity index (χ0) is 20.1. The minimum atomic E-state index is -3.52. The van der Waals surface area contributed by atoms with Crippen molar-refractivity contribution in [3.63, 3.8) is 0 Å². The smallest absolute Gasteiger partial charge is 0.279 e. The summed E-state index contributed by atoms with van der Waals surface area (Å²) < 4.78 is 26.8. The van der Waals surface area contributed by atoms with Crippen molar-refractivity contribution in [2.45, 2.75) is 50.8 Å². The molecule has 6 nitrogen and oxygen atoms in total. The van der Waals surface area contributed by atoms with E-state index in [0.717, 1.165) is 24.9 Å². The summed E-state index contributed by atoms with van der Waals surface area (Å²) in [5, 5.41) is 2.91. The highest BCUT2D eigenvalue weighted by Gasteiger charge is 2.34. The van der Waals surface area contributed by atoms with E-state index in [9.17, 15) is 13.2 Å². The predicted molar refractivity (Wildman–Crippen MR) is 111 cm³/mol. The highest BCUT2D eigenvalue weighted by atomic mass is 32.2. The summed E-state index contributed by atoms with van der Waals surface area (Å²) in [6.07, 6.45) is 6.59. The standard InChI is InChI=1S/C21H33N3O3S/c1-3-24(4-2)28(26,27)20-11-7-10-19(14-20)22-21(25)16-23-13-12-17-8-5-6-9-18(17)15-23/h7,10-11,14,17-18H,3-6,8-9,12-13,15-16H2,1-2H3,(H,22,25)/p+1/t17-,18-/m1/s1. The summed E-state index contributed by atoms with van der Waals surface area (Å²) in [4.78, 5) is 14.1. The van der Waals surface area contributed by atoms with Crippen LogP contribution in [0.15, 0.2) is 29.2 Å². The molecule has 2 N–H and O–H groups in total. The Hall–Kier alpha value is -1.44. The minimum absolute atomic E-state index is 0.0401. The van der Waals surface area contributed by atoms with Crippen LogP contribution in [0.1, 0.15) is 46.0 Å². The van der Waals surface area contributed by atoms with E-state index >= 15 is 0 Å². The number of likely N-dealkylation sites (tertiary alicyclic amines) is 1. The average molecular weight is 409 g/mol. The monoisotopic (exact) mass is 408 g/mol. The number of nitrogens with zero attached hydrogens (tertiary/aromatic N) is 1. The van der Waals surface area contributed by atoms with Crippen LogP contribution in [0, 0.1) is 11.8 Å². The molecule has 0 aromatic heterocycles. The maximum atomic E-state index is 12.7. The molecule has 1 amide bonds. The van der Waals surface area contributed by atoms with E-state index in [1.54, 1.807) is 24.3 Å². The maximum Gasteiger partial charge on any atom is 0.279 e. The molecule has 0 bridgehead atoms. The number of benzene rings is 1. The number of amides is 1. The molecule has 1 aromatic carbocycles. The molecule has 1 aliphatic heterocycles. The van der Waals surface area contributed by atoms with Crippen LogP contribution in [0.2, 0.25) is 0 Å². The number of fused-ring (bicyclic) bond motifs is 1. The van der Waals surface area contributed by atoms with Gasteiger partial charge in [0.25, 0.3) is 5.91 Å². The number of quaternary nitrogens is 1. The van der Waals surface area contributed by atoms with E-state index in [-0.39, 0.29) is 10.8 Å². The Balaban J connectivity index is 1.60. The summed E-state index contributed by atoms with van der Waals surface area (Å²) in [5.74, 6) is 1.59. The van der Waals surface area contributed by atoms with Gasteiger partial charge in [-0.05, 0) is 43.4 Å². The summed E-state index contributed by atoms with van der Waals surface area (Å²) in [5.41, 5.74) is 0.546. The molecule has 1 heterocycles. The normalized spacial score (nSPS) is 25.3. The van der Waals surface area contributed by atoms with Gasteiger partial charge in [-0.3, -0.25) is 4.79 Å². The molecule has 0 spiro atoms. The number of hydrogen-bond acceptors (Lipinski definition) is 3. The van der Waals surface area contributed by atoms with Gasteiger partial charge < -0.3 is 10.2 Å². The lowest BCUT2D eigenvalue weighted by Crippen LogP contribution is -3.15. The second kappa shape index (κ2) is 9.37. The summed E-state index contributed by atoms with van der Waals surface area (Å²) in [7, 11) is -3.52. The number of piperidine rings is 1. The molecule has 28 heavy (non-hydrogen) atoms.